The quantitative estimate of drug-likeness (QED) is 0.527. The van der Waals surface area contributed by atoms with Crippen LogP contribution in [-0.2, 0) is 25.5 Å². The molecular formula is C25H31NO4. The van der Waals surface area contributed by atoms with E-state index in [9.17, 15) is 14.4 Å². The van der Waals surface area contributed by atoms with Gasteiger partial charge in [-0.25, -0.2) is 4.79 Å². The van der Waals surface area contributed by atoms with Crippen LogP contribution in [0.4, 0.5) is 0 Å². The van der Waals surface area contributed by atoms with Gasteiger partial charge < -0.3 is 10.1 Å². The van der Waals surface area contributed by atoms with Gasteiger partial charge in [-0.3, -0.25) is 9.59 Å². The van der Waals surface area contributed by atoms with Crippen molar-refractivity contribution in [3.8, 4) is 0 Å². The molecule has 160 valence electrons. The van der Waals surface area contributed by atoms with Gasteiger partial charge in [-0.05, 0) is 37.8 Å². The van der Waals surface area contributed by atoms with Gasteiger partial charge in [0.1, 0.15) is 11.6 Å². The molecule has 5 heteroatoms. The lowest BCUT2D eigenvalue weighted by atomic mass is 9.84. The monoisotopic (exact) mass is 409 g/mol. The van der Waals surface area contributed by atoms with Crippen molar-refractivity contribution in [2.45, 2.75) is 58.6 Å². The van der Waals surface area contributed by atoms with Crippen molar-refractivity contribution < 1.29 is 19.1 Å². The van der Waals surface area contributed by atoms with Crippen LogP contribution in [0.3, 0.4) is 0 Å². The molecule has 0 spiro atoms. The van der Waals surface area contributed by atoms with Crippen molar-refractivity contribution in [2.75, 3.05) is 0 Å². The summed E-state index contributed by atoms with van der Waals surface area (Å²) in [6.45, 7) is 9.10. The molecule has 1 amide bonds. The van der Waals surface area contributed by atoms with E-state index in [2.05, 4.69) is 5.32 Å². The first kappa shape index (κ1) is 23.3. The van der Waals surface area contributed by atoms with E-state index in [1.165, 1.54) is 0 Å². The van der Waals surface area contributed by atoms with Crippen LogP contribution in [0.25, 0.3) is 0 Å². The first-order chi connectivity index (χ1) is 14.1. The van der Waals surface area contributed by atoms with Gasteiger partial charge in [-0.15, -0.1) is 0 Å². The highest BCUT2D eigenvalue weighted by Crippen LogP contribution is 2.25. The van der Waals surface area contributed by atoms with Crippen LogP contribution in [0, 0.1) is 5.92 Å². The molecule has 0 aromatic heterocycles. The Bertz CT molecular complexity index is 854. The van der Waals surface area contributed by atoms with Gasteiger partial charge in [0.2, 0.25) is 5.78 Å². The zero-order valence-corrected chi connectivity index (χ0v) is 18.3. The predicted octanol–water partition coefficient (Wildman–Crippen LogP) is 4.06. The van der Waals surface area contributed by atoms with Gasteiger partial charge >= 0.3 is 5.97 Å². The molecule has 0 bridgehead atoms. The molecule has 0 saturated heterocycles. The Morgan fingerprint density at radius 3 is 1.93 bits per heavy atom. The molecule has 2 rings (SSSR count). The summed E-state index contributed by atoms with van der Waals surface area (Å²) in [5.74, 6) is -2.54. The first-order valence-corrected chi connectivity index (χ1v) is 10.2. The van der Waals surface area contributed by atoms with Crippen LogP contribution in [0.5, 0.6) is 0 Å². The highest BCUT2D eigenvalue weighted by molar-refractivity contribution is 6.38. The van der Waals surface area contributed by atoms with Crippen molar-refractivity contribution in [3.63, 3.8) is 0 Å². The zero-order chi connectivity index (χ0) is 22.3. The van der Waals surface area contributed by atoms with Crippen LogP contribution in [0.15, 0.2) is 60.7 Å². The smallest absolute Gasteiger partial charge is 0.329 e. The summed E-state index contributed by atoms with van der Waals surface area (Å²) in [5.41, 5.74) is 0.944. The molecule has 0 radical (unpaired) electrons. The Morgan fingerprint density at radius 2 is 1.43 bits per heavy atom. The predicted molar refractivity (Wildman–Crippen MR) is 117 cm³/mol. The number of hydrogen-bond acceptors (Lipinski definition) is 4. The molecule has 2 aromatic carbocycles. The number of ether oxygens (including phenoxy) is 1. The zero-order valence-electron chi connectivity index (χ0n) is 18.3. The molecule has 0 saturated carbocycles. The Balaban J connectivity index is 2.23. The molecule has 0 heterocycles. The van der Waals surface area contributed by atoms with Crippen LogP contribution >= 0.6 is 0 Å². The SMILES string of the molecule is CC(C)C(C(=O)C(=O)NC(Cc1ccccc1)C(=O)OC(C)(C)C)c1ccccc1. The van der Waals surface area contributed by atoms with E-state index >= 15 is 0 Å². The second-order valence-corrected chi connectivity index (χ2v) is 8.75. The Labute approximate surface area is 178 Å². The lowest BCUT2D eigenvalue weighted by molar-refractivity contribution is -0.158. The van der Waals surface area contributed by atoms with Crippen molar-refractivity contribution >= 4 is 17.7 Å². The normalized spacial score (nSPS) is 13.4. The standard InChI is InChI=1S/C25H31NO4/c1-17(2)21(19-14-10-7-11-15-19)22(27)23(28)26-20(24(29)30-25(3,4)5)16-18-12-8-6-9-13-18/h6-15,17,20-21H,16H2,1-5H3,(H,26,28). The van der Waals surface area contributed by atoms with E-state index < -0.39 is 35.2 Å². The fourth-order valence-electron chi connectivity index (χ4n) is 3.29. The van der Waals surface area contributed by atoms with Crippen LogP contribution < -0.4 is 5.32 Å². The number of esters is 1. The van der Waals surface area contributed by atoms with Gasteiger partial charge in [0, 0.05) is 6.42 Å². The van der Waals surface area contributed by atoms with E-state index in [0.717, 1.165) is 11.1 Å². The first-order valence-electron chi connectivity index (χ1n) is 10.2. The van der Waals surface area contributed by atoms with Gasteiger partial charge in [-0.2, -0.15) is 0 Å². The van der Waals surface area contributed by atoms with Crippen LogP contribution in [0.1, 0.15) is 51.7 Å². The van der Waals surface area contributed by atoms with Crippen LogP contribution in [-0.4, -0.2) is 29.3 Å². The number of Topliss-reactive ketones (excluding diaryl/α,β-unsaturated/α-hetero) is 1. The summed E-state index contributed by atoms with van der Waals surface area (Å²) >= 11 is 0. The number of hydrogen-bond donors (Lipinski definition) is 1. The van der Waals surface area contributed by atoms with E-state index in [4.69, 9.17) is 4.74 Å². The van der Waals surface area contributed by atoms with Gasteiger partial charge in [0.25, 0.3) is 5.91 Å². The third-order valence-electron chi connectivity index (χ3n) is 4.61. The van der Waals surface area contributed by atoms with E-state index in [0.29, 0.717) is 0 Å². The molecule has 30 heavy (non-hydrogen) atoms. The number of amides is 1. The average molecular weight is 410 g/mol. The summed E-state index contributed by atoms with van der Waals surface area (Å²) < 4.78 is 5.48. The van der Waals surface area contributed by atoms with E-state index in [1.54, 1.807) is 20.8 Å². The van der Waals surface area contributed by atoms with Gasteiger partial charge in [0.15, 0.2) is 0 Å². The van der Waals surface area contributed by atoms with Crippen molar-refractivity contribution in [3.05, 3.63) is 71.8 Å². The molecule has 2 aromatic rings. The van der Waals surface area contributed by atoms with Gasteiger partial charge in [0.05, 0.1) is 5.92 Å². The maximum absolute atomic E-state index is 13.0. The minimum absolute atomic E-state index is 0.0697. The lowest BCUT2D eigenvalue weighted by Gasteiger charge is -2.25. The average Bonchev–Trinajstić information content (AvgIpc) is 2.67. The maximum Gasteiger partial charge on any atom is 0.329 e. The Kier molecular flexibility index (Phi) is 7.93. The number of rotatable bonds is 8. The molecule has 5 nitrogen and oxygen atoms in total. The summed E-state index contributed by atoms with van der Waals surface area (Å²) in [6.07, 6.45) is 0.243. The second kappa shape index (κ2) is 10.2. The molecule has 0 aliphatic heterocycles. The van der Waals surface area contributed by atoms with Gasteiger partial charge in [-0.1, -0.05) is 74.5 Å². The number of benzene rings is 2. The fourth-order valence-corrected chi connectivity index (χ4v) is 3.29. The number of carbonyl (C=O) groups is 3. The topological polar surface area (TPSA) is 72.5 Å². The summed E-state index contributed by atoms with van der Waals surface area (Å²) in [6, 6.07) is 17.6. The van der Waals surface area contributed by atoms with Crippen molar-refractivity contribution in [1.29, 1.82) is 0 Å². The highest BCUT2D eigenvalue weighted by Gasteiger charge is 2.33. The molecule has 0 aliphatic rings. The third-order valence-corrected chi connectivity index (χ3v) is 4.61. The second-order valence-electron chi connectivity index (χ2n) is 8.75. The fraction of sp³-hybridized carbons (Fsp3) is 0.400. The largest absolute Gasteiger partial charge is 0.458 e. The highest BCUT2D eigenvalue weighted by atomic mass is 16.6. The Hall–Kier alpha value is -2.95. The van der Waals surface area contributed by atoms with Crippen molar-refractivity contribution in [1.82, 2.24) is 5.32 Å². The summed E-state index contributed by atoms with van der Waals surface area (Å²) in [5, 5.41) is 2.63. The number of nitrogens with one attached hydrogen (secondary N) is 1. The lowest BCUT2D eigenvalue weighted by Crippen LogP contribution is -2.49. The van der Waals surface area contributed by atoms with Crippen molar-refractivity contribution in [2.24, 2.45) is 5.92 Å². The number of ketones is 1. The van der Waals surface area contributed by atoms with E-state index in [1.807, 2.05) is 74.5 Å². The maximum atomic E-state index is 13.0. The Morgan fingerprint density at radius 1 is 0.900 bits per heavy atom. The molecule has 1 N–H and O–H groups in total. The molecule has 0 aliphatic carbocycles. The number of carbonyl (C=O) groups excluding carboxylic acids is 3. The van der Waals surface area contributed by atoms with E-state index in [-0.39, 0.29) is 12.3 Å². The molecular weight excluding hydrogens is 378 g/mol. The summed E-state index contributed by atoms with van der Waals surface area (Å²) in [4.78, 5) is 38.6. The molecule has 0 fully saturated rings. The molecule has 2 unspecified atom stereocenters. The molecule has 2 atom stereocenters. The summed E-state index contributed by atoms with van der Waals surface area (Å²) in [7, 11) is 0. The van der Waals surface area contributed by atoms with Crippen LogP contribution in [0.2, 0.25) is 0 Å². The third kappa shape index (κ3) is 6.83. The minimum Gasteiger partial charge on any atom is -0.458 e. The minimum atomic E-state index is -0.952.